The van der Waals surface area contributed by atoms with Gasteiger partial charge < -0.3 is 10.2 Å². The summed E-state index contributed by atoms with van der Waals surface area (Å²) in [6.45, 7) is 4.24. The molecular weight excluding hydrogens is 248 g/mol. The Kier molecular flexibility index (Phi) is 4.02. The summed E-state index contributed by atoms with van der Waals surface area (Å²) in [6, 6.07) is 10.8. The highest BCUT2D eigenvalue weighted by Gasteiger charge is 2.17. The van der Waals surface area contributed by atoms with E-state index in [1.165, 1.54) is 36.3 Å². The first kappa shape index (κ1) is 13.2. The van der Waals surface area contributed by atoms with Crippen molar-refractivity contribution in [3.63, 3.8) is 0 Å². The van der Waals surface area contributed by atoms with Gasteiger partial charge >= 0.3 is 0 Å². The summed E-state index contributed by atoms with van der Waals surface area (Å²) in [4.78, 5) is 2.50. The topological polar surface area (TPSA) is 33.1 Å². The van der Waals surface area contributed by atoms with E-state index in [-0.39, 0.29) is 0 Å². The highest BCUT2D eigenvalue weighted by molar-refractivity contribution is 5.57. The van der Waals surface area contributed by atoms with E-state index >= 15 is 0 Å². The maximum atomic E-state index is 4.17. The summed E-state index contributed by atoms with van der Waals surface area (Å²) >= 11 is 0. The molecule has 1 aromatic heterocycles. The van der Waals surface area contributed by atoms with E-state index in [0.29, 0.717) is 0 Å². The highest BCUT2D eigenvalue weighted by Crippen LogP contribution is 2.27. The number of fused-ring (bicyclic) bond motifs is 1. The number of hydrogen-bond donors (Lipinski definition) is 1. The van der Waals surface area contributed by atoms with E-state index < -0.39 is 0 Å². The SMILES string of the molecule is Cn1nccc1CNCCCN1CCc2ccccc21. The van der Waals surface area contributed by atoms with E-state index in [0.717, 1.165) is 19.6 Å². The van der Waals surface area contributed by atoms with Gasteiger partial charge in [0.2, 0.25) is 0 Å². The second-order valence-corrected chi connectivity index (χ2v) is 5.34. The van der Waals surface area contributed by atoms with E-state index in [4.69, 9.17) is 0 Å². The van der Waals surface area contributed by atoms with Crippen LogP contribution in [0.1, 0.15) is 17.7 Å². The van der Waals surface area contributed by atoms with Gasteiger partial charge in [0.15, 0.2) is 0 Å². The molecule has 1 aromatic carbocycles. The summed E-state index contributed by atoms with van der Waals surface area (Å²) in [5.74, 6) is 0. The Labute approximate surface area is 120 Å². The molecule has 106 valence electrons. The molecule has 1 aliphatic heterocycles. The van der Waals surface area contributed by atoms with Crippen molar-refractivity contribution < 1.29 is 0 Å². The molecule has 3 rings (SSSR count). The standard InChI is InChI=1S/C16H22N4/c1-19-15(7-10-18-19)13-17-9-4-11-20-12-8-14-5-2-3-6-16(14)20/h2-3,5-7,10,17H,4,8-9,11-13H2,1H3. The van der Waals surface area contributed by atoms with Gasteiger partial charge in [-0.2, -0.15) is 5.10 Å². The quantitative estimate of drug-likeness (QED) is 0.815. The zero-order valence-corrected chi connectivity index (χ0v) is 12.0. The van der Waals surface area contributed by atoms with Gasteiger partial charge in [0.1, 0.15) is 0 Å². The molecule has 0 bridgehead atoms. The summed E-state index contributed by atoms with van der Waals surface area (Å²) in [5, 5.41) is 7.66. The Bertz CT molecular complexity index is 561. The third kappa shape index (κ3) is 2.85. The van der Waals surface area contributed by atoms with Crippen molar-refractivity contribution in [2.24, 2.45) is 7.05 Å². The van der Waals surface area contributed by atoms with Crippen LogP contribution in [-0.4, -0.2) is 29.4 Å². The van der Waals surface area contributed by atoms with Crippen molar-refractivity contribution in [1.82, 2.24) is 15.1 Å². The third-order valence-electron chi connectivity index (χ3n) is 3.99. The van der Waals surface area contributed by atoms with Crippen LogP contribution in [0.4, 0.5) is 5.69 Å². The fourth-order valence-corrected chi connectivity index (χ4v) is 2.82. The molecule has 4 heteroatoms. The van der Waals surface area contributed by atoms with E-state index in [2.05, 4.69) is 45.6 Å². The van der Waals surface area contributed by atoms with Gasteiger partial charge in [-0.15, -0.1) is 0 Å². The second-order valence-electron chi connectivity index (χ2n) is 5.34. The molecule has 4 nitrogen and oxygen atoms in total. The first-order valence-corrected chi connectivity index (χ1v) is 7.35. The number of aromatic nitrogens is 2. The monoisotopic (exact) mass is 270 g/mol. The van der Waals surface area contributed by atoms with Gasteiger partial charge in [-0.3, -0.25) is 4.68 Å². The molecule has 0 unspecified atom stereocenters. The molecule has 0 radical (unpaired) electrons. The fourth-order valence-electron chi connectivity index (χ4n) is 2.82. The maximum absolute atomic E-state index is 4.17. The summed E-state index contributed by atoms with van der Waals surface area (Å²) in [7, 11) is 1.98. The van der Waals surface area contributed by atoms with Crippen LogP contribution in [0.15, 0.2) is 36.5 Å². The minimum Gasteiger partial charge on any atom is -0.371 e. The van der Waals surface area contributed by atoms with Crippen LogP contribution in [0.25, 0.3) is 0 Å². The smallest absolute Gasteiger partial charge is 0.0518 e. The summed E-state index contributed by atoms with van der Waals surface area (Å²) in [5.41, 5.74) is 4.16. The van der Waals surface area contributed by atoms with Crippen molar-refractivity contribution in [2.75, 3.05) is 24.5 Å². The number of rotatable bonds is 6. The number of nitrogens with one attached hydrogen (secondary N) is 1. The van der Waals surface area contributed by atoms with Crippen molar-refractivity contribution in [2.45, 2.75) is 19.4 Å². The normalized spacial score (nSPS) is 13.8. The molecule has 0 aliphatic carbocycles. The second kappa shape index (κ2) is 6.09. The molecule has 20 heavy (non-hydrogen) atoms. The van der Waals surface area contributed by atoms with Crippen LogP contribution in [0, 0.1) is 0 Å². The van der Waals surface area contributed by atoms with Crippen LogP contribution < -0.4 is 10.2 Å². The Hall–Kier alpha value is -1.81. The minimum absolute atomic E-state index is 0.896. The van der Waals surface area contributed by atoms with Crippen molar-refractivity contribution >= 4 is 5.69 Å². The average Bonchev–Trinajstić information content (AvgIpc) is 3.06. The minimum atomic E-state index is 0.896. The lowest BCUT2D eigenvalue weighted by molar-refractivity contribution is 0.602. The van der Waals surface area contributed by atoms with Gasteiger partial charge in [0.05, 0.1) is 5.69 Å². The van der Waals surface area contributed by atoms with Crippen LogP contribution in [-0.2, 0) is 20.0 Å². The first-order chi connectivity index (χ1) is 9.84. The number of benzene rings is 1. The molecular formula is C16H22N4. The van der Waals surface area contributed by atoms with Crippen LogP contribution in [0.2, 0.25) is 0 Å². The molecule has 2 aromatic rings. The molecule has 1 N–H and O–H groups in total. The molecule has 0 spiro atoms. The zero-order chi connectivity index (χ0) is 13.8. The Morgan fingerprint density at radius 2 is 2.15 bits per heavy atom. The van der Waals surface area contributed by atoms with Crippen LogP contribution >= 0.6 is 0 Å². The first-order valence-electron chi connectivity index (χ1n) is 7.35. The molecule has 0 atom stereocenters. The van der Waals surface area contributed by atoms with E-state index in [1.54, 1.807) is 0 Å². The number of hydrogen-bond acceptors (Lipinski definition) is 3. The fraction of sp³-hybridized carbons (Fsp3) is 0.438. The lowest BCUT2D eigenvalue weighted by Gasteiger charge is -2.19. The van der Waals surface area contributed by atoms with Crippen molar-refractivity contribution in [3.05, 3.63) is 47.8 Å². The number of para-hydroxylation sites is 1. The van der Waals surface area contributed by atoms with Gasteiger partial charge in [0.25, 0.3) is 0 Å². The lowest BCUT2D eigenvalue weighted by atomic mass is 10.2. The Balaban J connectivity index is 1.40. The molecule has 0 amide bonds. The van der Waals surface area contributed by atoms with Crippen molar-refractivity contribution in [1.29, 1.82) is 0 Å². The number of nitrogens with zero attached hydrogens (tertiary/aromatic N) is 3. The summed E-state index contributed by atoms with van der Waals surface area (Å²) in [6.07, 6.45) is 4.21. The van der Waals surface area contributed by atoms with Gasteiger partial charge in [0, 0.05) is 38.6 Å². The van der Waals surface area contributed by atoms with Gasteiger partial charge in [-0.25, -0.2) is 0 Å². The Morgan fingerprint density at radius 1 is 1.25 bits per heavy atom. The van der Waals surface area contributed by atoms with E-state index in [9.17, 15) is 0 Å². The predicted molar refractivity (Wildman–Crippen MR) is 81.9 cm³/mol. The largest absolute Gasteiger partial charge is 0.371 e. The van der Waals surface area contributed by atoms with Crippen LogP contribution in [0.5, 0.6) is 0 Å². The third-order valence-corrected chi connectivity index (χ3v) is 3.99. The molecule has 1 aliphatic rings. The zero-order valence-electron chi connectivity index (χ0n) is 12.0. The van der Waals surface area contributed by atoms with Gasteiger partial charge in [-0.1, -0.05) is 18.2 Å². The lowest BCUT2D eigenvalue weighted by Crippen LogP contribution is -2.26. The van der Waals surface area contributed by atoms with Crippen LogP contribution in [0.3, 0.4) is 0 Å². The van der Waals surface area contributed by atoms with Crippen molar-refractivity contribution in [3.8, 4) is 0 Å². The van der Waals surface area contributed by atoms with Gasteiger partial charge in [-0.05, 0) is 37.1 Å². The Morgan fingerprint density at radius 3 is 3.00 bits per heavy atom. The van der Waals surface area contributed by atoms with E-state index in [1.807, 2.05) is 17.9 Å². The number of anilines is 1. The predicted octanol–water partition coefficient (Wildman–Crippen LogP) is 1.96. The molecule has 0 saturated heterocycles. The number of aryl methyl sites for hydroxylation is 1. The molecule has 0 fully saturated rings. The highest BCUT2D eigenvalue weighted by atomic mass is 15.3. The molecule has 2 heterocycles. The average molecular weight is 270 g/mol. The summed E-state index contributed by atoms with van der Waals surface area (Å²) < 4.78 is 1.92. The maximum Gasteiger partial charge on any atom is 0.0518 e. The molecule has 0 saturated carbocycles.